The first-order valence-electron chi connectivity index (χ1n) is 2.68. The second kappa shape index (κ2) is 1.21. The van der Waals surface area contributed by atoms with Gasteiger partial charge < -0.3 is 5.73 Å². The van der Waals surface area contributed by atoms with Crippen molar-refractivity contribution in [1.29, 1.82) is 0 Å². The van der Waals surface area contributed by atoms with Crippen molar-refractivity contribution >= 4 is 0 Å². The van der Waals surface area contributed by atoms with E-state index in [-0.39, 0.29) is 6.42 Å². The van der Waals surface area contributed by atoms with E-state index in [1.165, 1.54) is 0 Å². The van der Waals surface area contributed by atoms with Crippen molar-refractivity contribution in [3.8, 4) is 0 Å². The SMILES string of the molecule is CCC1(N)CC1(F)F. The van der Waals surface area contributed by atoms with Gasteiger partial charge in [-0.15, -0.1) is 0 Å². The van der Waals surface area contributed by atoms with Gasteiger partial charge in [-0.2, -0.15) is 0 Å². The predicted molar refractivity (Wildman–Crippen MR) is 26.8 cm³/mol. The van der Waals surface area contributed by atoms with Gasteiger partial charge in [-0.25, -0.2) is 8.78 Å². The van der Waals surface area contributed by atoms with Crippen LogP contribution in [-0.2, 0) is 0 Å². The highest BCUT2D eigenvalue weighted by Gasteiger charge is 2.67. The maximum atomic E-state index is 12.1. The zero-order chi connectivity index (χ0) is 6.41. The number of halogens is 2. The number of hydrogen-bond donors (Lipinski definition) is 1. The Morgan fingerprint density at radius 1 is 1.62 bits per heavy atom. The van der Waals surface area contributed by atoms with Crippen LogP contribution in [0.25, 0.3) is 0 Å². The summed E-state index contributed by atoms with van der Waals surface area (Å²) in [6, 6.07) is 0. The molecule has 0 radical (unpaired) electrons. The molecule has 1 saturated carbocycles. The summed E-state index contributed by atoms with van der Waals surface area (Å²) < 4.78 is 24.1. The van der Waals surface area contributed by atoms with Crippen LogP contribution in [0.1, 0.15) is 19.8 Å². The first-order valence-corrected chi connectivity index (χ1v) is 2.68. The molecule has 1 unspecified atom stereocenters. The summed E-state index contributed by atoms with van der Waals surface area (Å²) in [6.07, 6.45) is 0.247. The summed E-state index contributed by atoms with van der Waals surface area (Å²) in [5.41, 5.74) is 4.03. The fourth-order valence-corrected chi connectivity index (χ4v) is 0.736. The molecule has 0 bridgehead atoms. The summed E-state index contributed by atoms with van der Waals surface area (Å²) in [5.74, 6) is -2.57. The van der Waals surface area contributed by atoms with Crippen LogP contribution in [-0.4, -0.2) is 11.5 Å². The zero-order valence-electron chi connectivity index (χ0n) is 4.75. The van der Waals surface area contributed by atoms with Crippen molar-refractivity contribution in [1.82, 2.24) is 0 Å². The van der Waals surface area contributed by atoms with Crippen molar-refractivity contribution in [2.75, 3.05) is 0 Å². The maximum absolute atomic E-state index is 12.1. The van der Waals surface area contributed by atoms with E-state index in [9.17, 15) is 8.78 Å². The minimum Gasteiger partial charge on any atom is -0.320 e. The lowest BCUT2D eigenvalue weighted by Gasteiger charge is -2.03. The van der Waals surface area contributed by atoms with E-state index in [1.807, 2.05) is 0 Å². The van der Waals surface area contributed by atoms with E-state index in [1.54, 1.807) is 6.92 Å². The van der Waals surface area contributed by atoms with Gasteiger partial charge in [0.25, 0.3) is 5.92 Å². The van der Waals surface area contributed by atoms with Gasteiger partial charge in [0.15, 0.2) is 0 Å². The molecule has 1 aliphatic carbocycles. The van der Waals surface area contributed by atoms with Gasteiger partial charge in [-0.1, -0.05) is 6.92 Å². The van der Waals surface area contributed by atoms with Crippen LogP contribution in [0.3, 0.4) is 0 Å². The van der Waals surface area contributed by atoms with E-state index in [0.29, 0.717) is 6.42 Å². The number of rotatable bonds is 1. The Morgan fingerprint density at radius 2 is 2.00 bits per heavy atom. The topological polar surface area (TPSA) is 26.0 Å². The average Bonchev–Trinajstić information content (AvgIpc) is 2.10. The first-order chi connectivity index (χ1) is 3.52. The van der Waals surface area contributed by atoms with Crippen molar-refractivity contribution in [2.24, 2.45) is 5.73 Å². The molecule has 1 aliphatic rings. The van der Waals surface area contributed by atoms with E-state index in [4.69, 9.17) is 5.73 Å². The molecule has 48 valence electrons. The molecule has 0 aromatic heterocycles. The lowest BCUT2D eigenvalue weighted by Crippen LogP contribution is -2.28. The highest BCUT2D eigenvalue weighted by atomic mass is 19.3. The largest absolute Gasteiger partial charge is 0.320 e. The molecule has 3 heteroatoms. The van der Waals surface area contributed by atoms with Crippen LogP contribution in [0, 0.1) is 0 Å². The molecular weight excluding hydrogens is 112 g/mol. The minimum absolute atomic E-state index is 0.128. The molecule has 0 saturated heterocycles. The Hall–Kier alpha value is -0.180. The first kappa shape index (κ1) is 5.95. The van der Waals surface area contributed by atoms with Gasteiger partial charge in [0.05, 0.1) is 5.54 Å². The Labute approximate surface area is 46.9 Å². The van der Waals surface area contributed by atoms with E-state index < -0.39 is 11.5 Å². The average molecular weight is 121 g/mol. The molecule has 1 atom stereocenters. The van der Waals surface area contributed by atoms with Gasteiger partial charge in [0.2, 0.25) is 0 Å². The molecule has 8 heavy (non-hydrogen) atoms. The molecule has 0 aliphatic heterocycles. The van der Waals surface area contributed by atoms with Gasteiger partial charge >= 0.3 is 0 Å². The van der Waals surface area contributed by atoms with Crippen molar-refractivity contribution in [3.05, 3.63) is 0 Å². The van der Waals surface area contributed by atoms with Crippen LogP contribution in [0.4, 0.5) is 8.78 Å². The zero-order valence-corrected chi connectivity index (χ0v) is 4.75. The summed E-state index contributed by atoms with van der Waals surface area (Å²) in [5, 5.41) is 0. The number of alkyl halides is 2. The van der Waals surface area contributed by atoms with Gasteiger partial charge in [-0.3, -0.25) is 0 Å². The van der Waals surface area contributed by atoms with Crippen LogP contribution in [0.2, 0.25) is 0 Å². The third-order valence-electron chi connectivity index (χ3n) is 1.77. The maximum Gasteiger partial charge on any atom is 0.267 e. The van der Waals surface area contributed by atoms with Crippen molar-refractivity contribution in [2.45, 2.75) is 31.2 Å². The fourth-order valence-electron chi connectivity index (χ4n) is 0.736. The molecule has 2 N–H and O–H groups in total. The Bertz CT molecular complexity index is 113. The van der Waals surface area contributed by atoms with Crippen LogP contribution >= 0.6 is 0 Å². The fraction of sp³-hybridized carbons (Fsp3) is 1.00. The van der Waals surface area contributed by atoms with E-state index in [0.717, 1.165) is 0 Å². The lowest BCUT2D eigenvalue weighted by atomic mass is 10.2. The van der Waals surface area contributed by atoms with Crippen molar-refractivity contribution in [3.63, 3.8) is 0 Å². The summed E-state index contributed by atoms with van der Waals surface area (Å²) in [4.78, 5) is 0. The third kappa shape index (κ3) is 0.540. The highest BCUT2D eigenvalue weighted by Crippen LogP contribution is 2.52. The lowest BCUT2D eigenvalue weighted by molar-refractivity contribution is 0.0885. The molecule has 0 heterocycles. The van der Waals surface area contributed by atoms with Crippen molar-refractivity contribution < 1.29 is 8.78 Å². The smallest absolute Gasteiger partial charge is 0.267 e. The normalized spacial score (nSPS) is 42.0. The molecule has 0 aromatic rings. The number of nitrogens with two attached hydrogens (primary N) is 1. The van der Waals surface area contributed by atoms with Gasteiger partial charge in [0.1, 0.15) is 0 Å². The highest BCUT2D eigenvalue weighted by molar-refractivity contribution is 5.14. The molecule has 1 fully saturated rings. The number of hydrogen-bond acceptors (Lipinski definition) is 1. The monoisotopic (exact) mass is 121 g/mol. The molecule has 0 spiro atoms. The molecule has 1 rings (SSSR count). The van der Waals surface area contributed by atoms with Crippen LogP contribution in [0.5, 0.6) is 0 Å². The Kier molecular flexibility index (Phi) is 0.899. The molecule has 1 nitrogen and oxygen atoms in total. The van der Waals surface area contributed by atoms with Gasteiger partial charge in [0, 0.05) is 6.42 Å². The minimum atomic E-state index is -2.57. The van der Waals surface area contributed by atoms with E-state index >= 15 is 0 Å². The molecular formula is C5H9F2N. The second-order valence-electron chi connectivity index (χ2n) is 2.39. The quantitative estimate of drug-likeness (QED) is 0.553. The second-order valence-corrected chi connectivity index (χ2v) is 2.39. The van der Waals surface area contributed by atoms with Crippen LogP contribution in [0.15, 0.2) is 0 Å². The van der Waals surface area contributed by atoms with E-state index in [2.05, 4.69) is 0 Å². The summed E-state index contributed by atoms with van der Waals surface area (Å²) >= 11 is 0. The summed E-state index contributed by atoms with van der Waals surface area (Å²) in [6.45, 7) is 1.68. The standard InChI is InChI=1S/C5H9F2N/c1-2-4(8)3-5(4,6)7/h2-3,8H2,1H3. The third-order valence-corrected chi connectivity index (χ3v) is 1.77. The predicted octanol–water partition coefficient (Wildman–Crippen LogP) is 1.13. The van der Waals surface area contributed by atoms with Gasteiger partial charge in [-0.05, 0) is 6.42 Å². The molecule has 0 amide bonds. The van der Waals surface area contributed by atoms with Crippen LogP contribution < -0.4 is 5.73 Å². The molecule has 0 aromatic carbocycles. The Morgan fingerprint density at radius 3 is 2.00 bits per heavy atom. The Balaban J connectivity index is 2.55. The summed E-state index contributed by atoms with van der Waals surface area (Å²) in [7, 11) is 0.